The van der Waals surface area contributed by atoms with Gasteiger partial charge in [0.05, 0.1) is 11.4 Å². The lowest BCUT2D eigenvalue weighted by Gasteiger charge is -2.21. The second-order valence-corrected chi connectivity index (χ2v) is 4.56. The van der Waals surface area contributed by atoms with E-state index in [2.05, 4.69) is 12.0 Å². The summed E-state index contributed by atoms with van der Waals surface area (Å²) in [5.74, 6) is -0.707. The van der Waals surface area contributed by atoms with Gasteiger partial charge in [-0.15, -0.1) is 0 Å². The van der Waals surface area contributed by atoms with E-state index in [1.54, 1.807) is 0 Å². The Morgan fingerprint density at radius 2 is 2.41 bits per heavy atom. The van der Waals surface area contributed by atoms with Gasteiger partial charge in [0, 0.05) is 13.1 Å². The van der Waals surface area contributed by atoms with E-state index in [1.165, 1.54) is 0 Å². The summed E-state index contributed by atoms with van der Waals surface area (Å²) in [6.45, 7) is 6.40. The van der Waals surface area contributed by atoms with Crippen LogP contribution in [0.1, 0.15) is 31.2 Å². The van der Waals surface area contributed by atoms with Crippen molar-refractivity contribution in [1.29, 1.82) is 0 Å². The van der Waals surface area contributed by atoms with Gasteiger partial charge in [-0.05, 0) is 39.3 Å². The molecule has 0 aromatic carbocycles. The van der Waals surface area contributed by atoms with Gasteiger partial charge in [0.1, 0.15) is 6.04 Å². The Kier molecular flexibility index (Phi) is 3.47. The molecule has 2 heterocycles. The first kappa shape index (κ1) is 12.1. The van der Waals surface area contributed by atoms with Crippen molar-refractivity contribution >= 4 is 5.97 Å². The van der Waals surface area contributed by atoms with Crippen LogP contribution in [0, 0.1) is 6.92 Å². The minimum atomic E-state index is -0.707. The Morgan fingerprint density at radius 1 is 1.65 bits per heavy atom. The third-order valence-electron chi connectivity index (χ3n) is 3.30. The number of carboxylic acids is 1. The van der Waals surface area contributed by atoms with Crippen LogP contribution in [-0.4, -0.2) is 38.3 Å². The second kappa shape index (κ2) is 4.87. The number of likely N-dealkylation sites (tertiary alicyclic amines) is 1. The summed E-state index contributed by atoms with van der Waals surface area (Å²) in [5, 5.41) is 13.5. The lowest BCUT2D eigenvalue weighted by atomic mass is 10.2. The van der Waals surface area contributed by atoms with Crippen molar-refractivity contribution < 1.29 is 9.90 Å². The molecule has 1 aromatic heterocycles. The molecule has 2 rings (SSSR count). The Morgan fingerprint density at radius 3 is 3.06 bits per heavy atom. The molecule has 1 unspecified atom stereocenters. The summed E-state index contributed by atoms with van der Waals surface area (Å²) in [5.41, 5.74) is 2.10. The maximum Gasteiger partial charge on any atom is 0.320 e. The predicted octanol–water partition coefficient (Wildman–Crippen LogP) is 1.26. The molecular formula is C12H19N3O2. The fraction of sp³-hybridized carbons (Fsp3) is 0.667. The fourth-order valence-corrected chi connectivity index (χ4v) is 2.50. The fourth-order valence-electron chi connectivity index (χ4n) is 2.50. The molecule has 1 saturated heterocycles. The first-order valence-corrected chi connectivity index (χ1v) is 6.12. The third kappa shape index (κ3) is 2.49. The number of aromatic nitrogens is 2. The summed E-state index contributed by atoms with van der Waals surface area (Å²) >= 11 is 0. The molecule has 0 amide bonds. The Labute approximate surface area is 101 Å². The van der Waals surface area contributed by atoms with E-state index >= 15 is 0 Å². The largest absolute Gasteiger partial charge is 0.480 e. The summed E-state index contributed by atoms with van der Waals surface area (Å²) in [7, 11) is 0. The second-order valence-electron chi connectivity index (χ2n) is 4.56. The number of rotatable bonds is 4. The van der Waals surface area contributed by atoms with Crippen LogP contribution in [0.2, 0.25) is 0 Å². The zero-order chi connectivity index (χ0) is 12.4. The Bertz CT molecular complexity index is 414. The highest BCUT2D eigenvalue weighted by atomic mass is 16.4. The predicted molar refractivity (Wildman–Crippen MR) is 63.7 cm³/mol. The van der Waals surface area contributed by atoms with E-state index in [4.69, 9.17) is 5.11 Å². The molecule has 1 fully saturated rings. The van der Waals surface area contributed by atoms with Crippen LogP contribution in [0.5, 0.6) is 0 Å². The van der Waals surface area contributed by atoms with Gasteiger partial charge in [0.15, 0.2) is 0 Å². The smallest absolute Gasteiger partial charge is 0.320 e. The SMILES string of the molecule is CCn1nc(C)cc1CN1CCCC1C(=O)O. The highest BCUT2D eigenvalue weighted by Gasteiger charge is 2.30. The molecule has 0 bridgehead atoms. The topological polar surface area (TPSA) is 58.4 Å². The van der Waals surface area contributed by atoms with Crippen molar-refractivity contribution in [1.82, 2.24) is 14.7 Å². The highest BCUT2D eigenvalue weighted by Crippen LogP contribution is 2.20. The van der Waals surface area contributed by atoms with Crippen molar-refractivity contribution in [2.75, 3.05) is 6.54 Å². The molecule has 1 aliphatic heterocycles. The molecule has 0 saturated carbocycles. The monoisotopic (exact) mass is 237 g/mol. The van der Waals surface area contributed by atoms with Gasteiger partial charge in [-0.25, -0.2) is 0 Å². The van der Waals surface area contributed by atoms with Crippen LogP contribution in [0.25, 0.3) is 0 Å². The zero-order valence-corrected chi connectivity index (χ0v) is 10.4. The average molecular weight is 237 g/mol. The molecule has 5 nitrogen and oxygen atoms in total. The molecule has 94 valence electrons. The van der Waals surface area contributed by atoms with Crippen LogP contribution in [0.15, 0.2) is 6.07 Å². The van der Waals surface area contributed by atoms with E-state index < -0.39 is 5.97 Å². The van der Waals surface area contributed by atoms with Gasteiger partial charge in [-0.1, -0.05) is 0 Å². The average Bonchev–Trinajstić information content (AvgIpc) is 2.85. The molecule has 1 aliphatic rings. The molecule has 1 atom stereocenters. The van der Waals surface area contributed by atoms with Crippen molar-refractivity contribution in [3.8, 4) is 0 Å². The summed E-state index contributed by atoms with van der Waals surface area (Å²) in [4.78, 5) is 13.1. The van der Waals surface area contributed by atoms with Crippen molar-refractivity contribution in [2.24, 2.45) is 0 Å². The van der Waals surface area contributed by atoms with Crippen LogP contribution in [0.3, 0.4) is 0 Å². The maximum atomic E-state index is 11.1. The molecule has 0 spiro atoms. The molecule has 1 N–H and O–H groups in total. The van der Waals surface area contributed by atoms with Gasteiger partial charge in [0.25, 0.3) is 0 Å². The molecule has 1 aromatic rings. The summed E-state index contributed by atoms with van der Waals surface area (Å²) < 4.78 is 1.95. The minimum Gasteiger partial charge on any atom is -0.480 e. The molecule has 0 radical (unpaired) electrons. The van der Waals surface area contributed by atoms with Crippen LogP contribution in [0.4, 0.5) is 0 Å². The Balaban J connectivity index is 2.11. The van der Waals surface area contributed by atoms with E-state index in [9.17, 15) is 4.79 Å². The third-order valence-corrected chi connectivity index (χ3v) is 3.30. The lowest BCUT2D eigenvalue weighted by molar-refractivity contribution is -0.142. The van der Waals surface area contributed by atoms with E-state index in [-0.39, 0.29) is 6.04 Å². The first-order valence-electron chi connectivity index (χ1n) is 6.12. The first-order chi connectivity index (χ1) is 8.11. The molecular weight excluding hydrogens is 218 g/mol. The molecule has 0 aliphatic carbocycles. The number of aliphatic carboxylic acids is 1. The van der Waals surface area contributed by atoms with Crippen LogP contribution < -0.4 is 0 Å². The zero-order valence-electron chi connectivity index (χ0n) is 10.4. The number of nitrogens with zero attached hydrogens (tertiary/aromatic N) is 3. The number of carbonyl (C=O) groups is 1. The van der Waals surface area contributed by atoms with Gasteiger partial charge >= 0.3 is 5.97 Å². The van der Waals surface area contributed by atoms with Gasteiger partial charge < -0.3 is 5.11 Å². The number of hydrogen-bond donors (Lipinski definition) is 1. The molecule has 5 heteroatoms. The normalized spacial score (nSPS) is 20.9. The van der Waals surface area contributed by atoms with E-state index in [1.807, 2.05) is 22.6 Å². The van der Waals surface area contributed by atoms with E-state index in [0.29, 0.717) is 6.54 Å². The number of hydrogen-bond acceptors (Lipinski definition) is 3. The van der Waals surface area contributed by atoms with Crippen molar-refractivity contribution in [3.05, 3.63) is 17.5 Å². The van der Waals surface area contributed by atoms with Gasteiger partial charge in [-0.2, -0.15) is 5.10 Å². The molecule has 17 heavy (non-hydrogen) atoms. The van der Waals surface area contributed by atoms with Gasteiger partial charge in [0.2, 0.25) is 0 Å². The summed E-state index contributed by atoms with van der Waals surface area (Å²) in [6, 6.07) is 1.72. The Hall–Kier alpha value is -1.36. The number of carboxylic acid groups (broad SMARTS) is 1. The highest BCUT2D eigenvalue weighted by molar-refractivity contribution is 5.73. The van der Waals surface area contributed by atoms with Crippen LogP contribution in [-0.2, 0) is 17.9 Å². The standard InChI is InChI=1S/C12H19N3O2/c1-3-15-10(7-9(2)13-15)8-14-6-4-5-11(14)12(16)17/h7,11H,3-6,8H2,1-2H3,(H,16,17). The maximum absolute atomic E-state index is 11.1. The van der Waals surface area contributed by atoms with Crippen molar-refractivity contribution in [2.45, 2.75) is 45.8 Å². The number of aryl methyl sites for hydroxylation is 2. The van der Waals surface area contributed by atoms with Gasteiger partial charge in [-0.3, -0.25) is 14.4 Å². The summed E-state index contributed by atoms with van der Waals surface area (Å²) in [6.07, 6.45) is 1.73. The van der Waals surface area contributed by atoms with E-state index in [0.717, 1.165) is 37.3 Å². The lowest BCUT2D eigenvalue weighted by Crippen LogP contribution is -2.35. The quantitative estimate of drug-likeness (QED) is 0.856. The van der Waals surface area contributed by atoms with Crippen molar-refractivity contribution in [3.63, 3.8) is 0 Å². The minimum absolute atomic E-state index is 0.324. The van der Waals surface area contributed by atoms with Crippen LogP contribution >= 0.6 is 0 Å².